The van der Waals surface area contributed by atoms with Crippen LogP contribution < -0.4 is 15.4 Å². The minimum atomic E-state index is -0.103. The Morgan fingerprint density at radius 1 is 1.00 bits per heavy atom. The van der Waals surface area contributed by atoms with Crippen molar-refractivity contribution in [2.75, 3.05) is 17.7 Å². The zero-order chi connectivity index (χ0) is 17.6. The molecule has 25 heavy (non-hydrogen) atoms. The molecule has 7 nitrogen and oxygen atoms in total. The van der Waals surface area contributed by atoms with Gasteiger partial charge >= 0.3 is 0 Å². The Morgan fingerprint density at radius 3 is 2.40 bits per heavy atom. The molecule has 1 amide bonds. The smallest absolute Gasteiger partial charge is 0.221 e. The van der Waals surface area contributed by atoms with Gasteiger partial charge in [-0.1, -0.05) is 0 Å². The lowest BCUT2D eigenvalue weighted by Crippen LogP contribution is -2.05. The number of pyridine rings is 1. The van der Waals surface area contributed by atoms with Crippen LogP contribution in [-0.4, -0.2) is 28.0 Å². The number of anilines is 3. The van der Waals surface area contributed by atoms with Crippen LogP contribution in [0.25, 0.3) is 11.4 Å². The van der Waals surface area contributed by atoms with Crippen LogP contribution in [0.1, 0.15) is 6.92 Å². The molecule has 2 N–H and O–H groups in total. The van der Waals surface area contributed by atoms with Gasteiger partial charge in [-0.05, 0) is 36.4 Å². The van der Waals surface area contributed by atoms with E-state index >= 15 is 0 Å². The highest BCUT2D eigenvalue weighted by Crippen LogP contribution is 2.21. The van der Waals surface area contributed by atoms with E-state index in [9.17, 15) is 4.79 Å². The minimum Gasteiger partial charge on any atom is -0.481 e. The molecule has 3 aromatic rings. The van der Waals surface area contributed by atoms with Crippen LogP contribution in [0.4, 0.5) is 17.2 Å². The van der Waals surface area contributed by atoms with Gasteiger partial charge in [-0.3, -0.25) is 4.79 Å². The fourth-order valence-electron chi connectivity index (χ4n) is 2.19. The number of hydrogen-bond acceptors (Lipinski definition) is 6. The second-order valence-electron chi connectivity index (χ2n) is 5.24. The van der Waals surface area contributed by atoms with Crippen molar-refractivity contribution in [3.63, 3.8) is 0 Å². The predicted octanol–water partition coefficient (Wildman–Crippen LogP) is 3.25. The van der Waals surface area contributed by atoms with Gasteiger partial charge in [-0.2, -0.15) is 0 Å². The molecule has 0 saturated heterocycles. The van der Waals surface area contributed by atoms with Gasteiger partial charge in [0.25, 0.3) is 0 Å². The zero-order valence-corrected chi connectivity index (χ0v) is 13.9. The third kappa shape index (κ3) is 4.29. The predicted molar refractivity (Wildman–Crippen MR) is 95.8 cm³/mol. The first-order valence-corrected chi connectivity index (χ1v) is 7.62. The van der Waals surface area contributed by atoms with Crippen molar-refractivity contribution in [3.8, 4) is 17.3 Å². The molecule has 1 aromatic carbocycles. The normalized spacial score (nSPS) is 10.2. The molecule has 0 radical (unpaired) electrons. The van der Waals surface area contributed by atoms with E-state index in [-0.39, 0.29) is 5.91 Å². The first-order chi connectivity index (χ1) is 12.1. The van der Waals surface area contributed by atoms with Crippen molar-refractivity contribution in [1.29, 1.82) is 0 Å². The van der Waals surface area contributed by atoms with Crippen molar-refractivity contribution in [2.24, 2.45) is 0 Å². The molecule has 126 valence electrons. The van der Waals surface area contributed by atoms with Gasteiger partial charge in [0.15, 0.2) is 5.82 Å². The number of amides is 1. The Morgan fingerprint density at radius 2 is 1.76 bits per heavy atom. The number of rotatable bonds is 5. The van der Waals surface area contributed by atoms with E-state index in [1.54, 1.807) is 31.6 Å². The van der Waals surface area contributed by atoms with Crippen molar-refractivity contribution < 1.29 is 9.53 Å². The summed E-state index contributed by atoms with van der Waals surface area (Å²) in [5.41, 5.74) is 2.39. The van der Waals surface area contributed by atoms with Crippen LogP contribution in [0.5, 0.6) is 5.88 Å². The Balaban J connectivity index is 1.76. The highest BCUT2D eigenvalue weighted by atomic mass is 16.5. The van der Waals surface area contributed by atoms with Crippen molar-refractivity contribution in [3.05, 3.63) is 54.9 Å². The SMILES string of the molecule is COc1ccc(-c2nccc(Nc3ccc(NC(C)=O)cc3)n2)cn1. The van der Waals surface area contributed by atoms with E-state index in [1.165, 1.54) is 6.92 Å². The van der Waals surface area contributed by atoms with Crippen LogP contribution in [-0.2, 0) is 4.79 Å². The first-order valence-electron chi connectivity index (χ1n) is 7.62. The molecular weight excluding hydrogens is 318 g/mol. The lowest BCUT2D eigenvalue weighted by molar-refractivity contribution is -0.114. The van der Waals surface area contributed by atoms with Crippen LogP contribution in [0, 0.1) is 0 Å². The summed E-state index contributed by atoms with van der Waals surface area (Å²) in [6.45, 7) is 1.47. The van der Waals surface area contributed by atoms with Crippen molar-refractivity contribution in [1.82, 2.24) is 15.0 Å². The molecular formula is C18H17N5O2. The van der Waals surface area contributed by atoms with Crippen LogP contribution in [0.3, 0.4) is 0 Å². The van der Waals surface area contributed by atoms with Crippen molar-refractivity contribution in [2.45, 2.75) is 6.92 Å². The van der Waals surface area contributed by atoms with Gasteiger partial charge in [0.1, 0.15) is 5.82 Å². The highest BCUT2D eigenvalue weighted by molar-refractivity contribution is 5.88. The molecule has 0 aliphatic carbocycles. The van der Waals surface area contributed by atoms with Crippen LogP contribution in [0.15, 0.2) is 54.9 Å². The molecule has 0 unspecified atom stereocenters. The summed E-state index contributed by atoms with van der Waals surface area (Å²) < 4.78 is 5.05. The minimum absolute atomic E-state index is 0.103. The van der Waals surface area contributed by atoms with Crippen LogP contribution >= 0.6 is 0 Å². The largest absolute Gasteiger partial charge is 0.481 e. The quantitative estimate of drug-likeness (QED) is 0.744. The summed E-state index contributed by atoms with van der Waals surface area (Å²) >= 11 is 0. The lowest BCUT2D eigenvalue weighted by atomic mass is 10.2. The summed E-state index contributed by atoms with van der Waals surface area (Å²) in [5.74, 6) is 1.66. The Bertz CT molecular complexity index is 863. The molecule has 0 bridgehead atoms. The summed E-state index contributed by atoms with van der Waals surface area (Å²) in [5, 5.41) is 5.93. The third-order valence-electron chi connectivity index (χ3n) is 3.34. The summed E-state index contributed by atoms with van der Waals surface area (Å²) in [6, 6.07) is 12.8. The van der Waals surface area contributed by atoms with E-state index in [2.05, 4.69) is 25.6 Å². The van der Waals surface area contributed by atoms with Gasteiger partial charge in [-0.15, -0.1) is 0 Å². The monoisotopic (exact) mass is 335 g/mol. The number of aromatic nitrogens is 3. The third-order valence-corrected chi connectivity index (χ3v) is 3.34. The van der Waals surface area contributed by atoms with Gasteiger partial charge in [-0.25, -0.2) is 15.0 Å². The van der Waals surface area contributed by atoms with Crippen LogP contribution in [0.2, 0.25) is 0 Å². The average molecular weight is 335 g/mol. The molecule has 0 atom stereocenters. The fraction of sp³-hybridized carbons (Fsp3) is 0.111. The molecule has 0 fully saturated rings. The molecule has 3 rings (SSSR count). The van der Waals surface area contributed by atoms with E-state index in [0.29, 0.717) is 17.5 Å². The Labute approximate surface area is 145 Å². The molecule has 0 spiro atoms. The molecule has 2 aromatic heterocycles. The molecule has 0 aliphatic heterocycles. The van der Waals surface area contributed by atoms with Gasteiger partial charge in [0.05, 0.1) is 7.11 Å². The van der Waals surface area contributed by atoms with E-state index in [0.717, 1.165) is 16.9 Å². The standard InChI is InChI=1S/C18H17N5O2/c1-12(24)21-14-4-6-15(7-5-14)22-16-9-10-19-18(23-16)13-3-8-17(25-2)20-11-13/h3-11H,1-2H3,(H,21,24)(H,19,22,23). The fourth-order valence-corrected chi connectivity index (χ4v) is 2.19. The zero-order valence-electron chi connectivity index (χ0n) is 13.9. The molecule has 0 saturated carbocycles. The molecule has 7 heteroatoms. The number of nitrogens with zero attached hydrogens (tertiary/aromatic N) is 3. The second kappa shape index (κ2) is 7.39. The number of nitrogens with one attached hydrogen (secondary N) is 2. The molecule has 0 aliphatic rings. The lowest BCUT2D eigenvalue weighted by Gasteiger charge is -2.08. The number of benzene rings is 1. The van der Waals surface area contributed by atoms with E-state index in [1.807, 2.05) is 30.3 Å². The maximum absolute atomic E-state index is 11.0. The van der Waals surface area contributed by atoms with E-state index in [4.69, 9.17) is 4.74 Å². The van der Waals surface area contributed by atoms with Gasteiger partial charge in [0, 0.05) is 42.3 Å². The number of ether oxygens (including phenoxy) is 1. The van der Waals surface area contributed by atoms with Gasteiger partial charge in [0.2, 0.25) is 11.8 Å². The Kier molecular flexibility index (Phi) is 4.84. The average Bonchev–Trinajstić information content (AvgIpc) is 2.63. The number of hydrogen-bond donors (Lipinski definition) is 2. The number of methoxy groups -OCH3 is 1. The maximum atomic E-state index is 11.0. The van der Waals surface area contributed by atoms with Gasteiger partial charge < -0.3 is 15.4 Å². The topological polar surface area (TPSA) is 89.0 Å². The second-order valence-corrected chi connectivity index (χ2v) is 5.24. The maximum Gasteiger partial charge on any atom is 0.221 e. The first kappa shape index (κ1) is 16.4. The van der Waals surface area contributed by atoms with E-state index < -0.39 is 0 Å². The highest BCUT2D eigenvalue weighted by Gasteiger charge is 2.05. The summed E-state index contributed by atoms with van der Waals surface area (Å²) in [6.07, 6.45) is 3.35. The molecule has 2 heterocycles. The Hall–Kier alpha value is -3.48. The number of carbonyl (C=O) groups is 1. The summed E-state index contributed by atoms with van der Waals surface area (Å²) in [4.78, 5) is 24.0. The van der Waals surface area contributed by atoms with Crippen molar-refractivity contribution >= 4 is 23.1 Å². The number of carbonyl (C=O) groups excluding carboxylic acids is 1. The summed E-state index contributed by atoms with van der Waals surface area (Å²) in [7, 11) is 1.57.